The quantitative estimate of drug-likeness (QED) is 0.288. The highest BCUT2D eigenvalue weighted by molar-refractivity contribution is 6.09. The third-order valence-electron chi connectivity index (χ3n) is 5.35. The van der Waals surface area contributed by atoms with Crippen LogP contribution < -0.4 is 0 Å². The molecule has 1 aromatic heterocycles. The molecule has 5 heteroatoms. The second kappa shape index (κ2) is 10.5. The van der Waals surface area contributed by atoms with Crippen LogP contribution in [0.3, 0.4) is 0 Å². The fraction of sp³-hybridized carbons (Fsp3) is 0.143. The summed E-state index contributed by atoms with van der Waals surface area (Å²) >= 11 is 0. The Morgan fingerprint density at radius 1 is 0.909 bits per heavy atom. The van der Waals surface area contributed by atoms with E-state index in [0.29, 0.717) is 18.8 Å². The first-order chi connectivity index (χ1) is 16.2. The molecular formula is C28H26N2O3. The number of aromatic amines is 1. The van der Waals surface area contributed by atoms with Crippen molar-refractivity contribution in [3.05, 3.63) is 108 Å². The summed E-state index contributed by atoms with van der Waals surface area (Å²) in [6, 6.07) is 27.6. The minimum atomic E-state index is -0.416. The normalized spacial score (nSPS) is 11.1. The lowest BCUT2D eigenvalue weighted by atomic mass is 10.0. The van der Waals surface area contributed by atoms with Crippen molar-refractivity contribution in [2.24, 2.45) is 0 Å². The number of nitrogens with one attached hydrogen (secondary N) is 1. The summed E-state index contributed by atoms with van der Waals surface area (Å²) in [5, 5.41) is 0.994. The molecule has 166 valence electrons. The number of hydrogen-bond acceptors (Lipinski definition) is 3. The molecule has 0 aliphatic carbocycles. The van der Waals surface area contributed by atoms with Gasteiger partial charge in [-0.2, -0.15) is 0 Å². The average molecular weight is 439 g/mol. The first-order valence-corrected chi connectivity index (χ1v) is 11.0. The lowest BCUT2D eigenvalue weighted by molar-refractivity contribution is -0.137. The number of aromatic nitrogens is 1. The van der Waals surface area contributed by atoms with E-state index in [0.717, 1.165) is 27.6 Å². The molecule has 0 radical (unpaired) electrons. The Labute approximate surface area is 193 Å². The van der Waals surface area contributed by atoms with Crippen molar-refractivity contribution in [1.82, 2.24) is 9.88 Å². The molecule has 0 aliphatic rings. The smallest absolute Gasteiger partial charge is 0.330 e. The monoisotopic (exact) mass is 438 g/mol. The largest absolute Gasteiger partial charge is 0.463 e. The van der Waals surface area contributed by atoms with Gasteiger partial charge in [-0.05, 0) is 24.1 Å². The molecule has 33 heavy (non-hydrogen) atoms. The molecule has 0 saturated heterocycles. The van der Waals surface area contributed by atoms with E-state index in [9.17, 15) is 9.59 Å². The summed E-state index contributed by atoms with van der Waals surface area (Å²) in [6.07, 6.45) is 3.04. The number of H-pyrrole nitrogens is 1. The van der Waals surface area contributed by atoms with Crippen LogP contribution in [0.2, 0.25) is 0 Å². The molecule has 0 bridgehead atoms. The molecule has 0 unspecified atom stereocenters. The standard InChI is InChI=1S/C28H26N2O3/c1-2-33-25(31)18-11-19-30(20-21-12-5-3-6-13-21)28(32)27-26(22-14-7-4-8-15-22)23-16-9-10-17-24(23)29-27/h3-18,29H,2,19-20H2,1H3/b18-11+. The molecule has 1 N–H and O–H groups in total. The minimum absolute atomic E-state index is 0.137. The molecule has 0 fully saturated rings. The van der Waals surface area contributed by atoms with Crippen LogP contribution in [0.5, 0.6) is 0 Å². The van der Waals surface area contributed by atoms with Crippen LogP contribution in [0.4, 0.5) is 0 Å². The zero-order chi connectivity index (χ0) is 23.0. The SMILES string of the molecule is CCOC(=O)/C=C/CN(Cc1ccccc1)C(=O)c1[nH]c2ccccc2c1-c1ccccc1. The van der Waals surface area contributed by atoms with Gasteiger partial charge in [0.1, 0.15) is 5.69 Å². The maximum absolute atomic E-state index is 13.9. The minimum Gasteiger partial charge on any atom is -0.463 e. The topological polar surface area (TPSA) is 62.4 Å². The molecule has 0 spiro atoms. The molecule has 0 aliphatic heterocycles. The third kappa shape index (κ3) is 5.21. The van der Waals surface area contributed by atoms with Gasteiger partial charge in [-0.25, -0.2) is 4.79 Å². The van der Waals surface area contributed by atoms with Crippen molar-refractivity contribution in [2.45, 2.75) is 13.5 Å². The fourth-order valence-corrected chi connectivity index (χ4v) is 3.85. The van der Waals surface area contributed by atoms with Crippen molar-refractivity contribution >= 4 is 22.8 Å². The van der Waals surface area contributed by atoms with Gasteiger partial charge in [0.25, 0.3) is 5.91 Å². The number of fused-ring (bicyclic) bond motifs is 1. The van der Waals surface area contributed by atoms with E-state index in [1.165, 1.54) is 6.08 Å². The van der Waals surface area contributed by atoms with Gasteiger partial charge in [0.05, 0.1) is 6.61 Å². The van der Waals surface area contributed by atoms with Gasteiger partial charge in [0, 0.05) is 35.6 Å². The molecule has 4 rings (SSSR count). The molecule has 3 aromatic carbocycles. The molecule has 1 heterocycles. The van der Waals surface area contributed by atoms with Gasteiger partial charge >= 0.3 is 5.97 Å². The number of esters is 1. The number of amides is 1. The Kier molecular flexibility index (Phi) is 7.00. The van der Waals surface area contributed by atoms with Crippen molar-refractivity contribution in [1.29, 1.82) is 0 Å². The fourth-order valence-electron chi connectivity index (χ4n) is 3.85. The second-order valence-corrected chi connectivity index (χ2v) is 7.61. The van der Waals surface area contributed by atoms with Gasteiger partial charge in [-0.1, -0.05) is 84.9 Å². The molecular weight excluding hydrogens is 412 g/mol. The lowest BCUT2D eigenvalue weighted by Gasteiger charge is -2.22. The van der Waals surface area contributed by atoms with Crippen LogP contribution in [0, 0.1) is 0 Å². The van der Waals surface area contributed by atoms with Crippen LogP contribution in [-0.4, -0.2) is 34.9 Å². The number of benzene rings is 3. The third-order valence-corrected chi connectivity index (χ3v) is 5.35. The van der Waals surface area contributed by atoms with Gasteiger partial charge in [0.15, 0.2) is 0 Å². The summed E-state index contributed by atoms with van der Waals surface area (Å²) in [7, 11) is 0. The Bertz CT molecular complexity index is 1260. The van der Waals surface area contributed by atoms with E-state index in [2.05, 4.69) is 4.98 Å². The summed E-state index contributed by atoms with van der Waals surface area (Å²) in [5.41, 5.74) is 4.29. The Morgan fingerprint density at radius 3 is 2.30 bits per heavy atom. The van der Waals surface area contributed by atoms with Crippen molar-refractivity contribution in [3.63, 3.8) is 0 Å². The first kappa shape index (κ1) is 22.1. The number of carbonyl (C=O) groups is 2. The highest BCUT2D eigenvalue weighted by atomic mass is 16.5. The van der Waals surface area contributed by atoms with Crippen LogP contribution in [0.1, 0.15) is 23.0 Å². The predicted octanol–water partition coefficient (Wildman–Crippen LogP) is 5.60. The van der Waals surface area contributed by atoms with E-state index in [1.54, 1.807) is 17.9 Å². The van der Waals surface area contributed by atoms with E-state index in [4.69, 9.17) is 4.74 Å². The van der Waals surface area contributed by atoms with Gasteiger partial charge in [0.2, 0.25) is 0 Å². The van der Waals surface area contributed by atoms with Crippen molar-refractivity contribution in [2.75, 3.05) is 13.2 Å². The Balaban J connectivity index is 1.73. The maximum atomic E-state index is 13.9. The van der Waals surface area contributed by atoms with Gasteiger partial charge in [-0.3, -0.25) is 4.79 Å². The zero-order valence-corrected chi connectivity index (χ0v) is 18.5. The number of para-hydroxylation sites is 1. The molecule has 4 aromatic rings. The predicted molar refractivity (Wildman–Crippen MR) is 131 cm³/mol. The highest BCUT2D eigenvalue weighted by Crippen LogP contribution is 2.33. The lowest BCUT2D eigenvalue weighted by Crippen LogP contribution is -2.31. The van der Waals surface area contributed by atoms with Crippen LogP contribution in [0.25, 0.3) is 22.0 Å². The number of ether oxygens (including phenoxy) is 1. The van der Waals surface area contributed by atoms with Gasteiger partial charge < -0.3 is 14.6 Å². The maximum Gasteiger partial charge on any atom is 0.330 e. The molecule has 1 amide bonds. The van der Waals surface area contributed by atoms with Crippen LogP contribution in [-0.2, 0) is 16.1 Å². The summed E-state index contributed by atoms with van der Waals surface area (Å²) < 4.78 is 4.97. The Hall–Kier alpha value is -4.12. The summed E-state index contributed by atoms with van der Waals surface area (Å²) in [6.45, 7) is 2.76. The summed E-state index contributed by atoms with van der Waals surface area (Å²) in [5.74, 6) is -0.553. The van der Waals surface area contributed by atoms with E-state index >= 15 is 0 Å². The molecule has 5 nitrogen and oxygen atoms in total. The molecule has 0 saturated carbocycles. The van der Waals surface area contributed by atoms with Crippen molar-refractivity contribution in [3.8, 4) is 11.1 Å². The number of hydrogen-bond donors (Lipinski definition) is 1. The highest BCUT2D eigenvalue weighted by Gasteiger charge is 2.23. The van der Waals surface area contributed by atoms with Crippen LogP contribution in [0.15, 0.2) is 97.1 Å². The van der Waals surface area contributed by atoms with E-state index in [1.807, 2.05) is 84.9 Å². The average Bonchev–Trinajstić information content (AvgIpc) is 3.24. The van der Waals surface area contributed by atoms with Crippen molar-refractivity contribution < 1.29 is 14.3 Å². The first-order valence-electron chi connectivity index (χ1n) is 11.0. The Morgan fingerprint density at radius 2 is 1.58 bits per heavy atom. The van der Waals surface area contributed by atoms with Gasteiger partial charge in [-0.15, -0.1) is 0 Å². The zero-order valence-electron chi connectivity index (χ0n) is 18.5. The van der Waals surface area contributed by atoms with Crippen LogP contribution >= 0.6 is 0 Å². The van der Waals surface area contributed by atoms with E-state index < -0.39 is 5.97 Å². The summed E-state index contributed by atoms with van der Waals surface area (Å²) in [4.78, 5) is 30.7. The molecule has 0 atom stereocenters. The van der Waals surface area contributed by atoms with E-state index in [-0.39, 0.29) is 12.5 Å². The number of carbonyl (C=O) groups excluding carboxylic acids is 2. The number of rotatable bonds is 8. The number of nitrogens with zero attached hydrogens (tertiary/aromatic N) is 1. The second-order valence-electron chi connectivity index (χ2n) is 7.61.